The summed E-state index contributed by atoms with van der Waals surface area (Å²) >= 11 is 0. The van der Waals surface area contributed by atoms with E-state index in [1.54, 1.807) is 0 Å². The molecule has 0 unspecified atom stereocenters. The largest absolute Gasteiger partial charge is 0.322 e. The molecule has 0 aliphatic rings. The Kier molecular flexibility index (Phi) is 12.4. The molecule has 2 rings (SSSR count). The van der Waals surface area contributed by atoms with E-state index in [-0.39, 0.29) is 23.4 Å². The molecule has 194 valence electrons. The van der Waals surface area contributed by atoms with Crippen LogP contribution >= 0.6 is 0 Å². The van der Waals surface area contributed by atoms with Crippen molar-refractivity contribution in [3.8, 4) is 0 Å². The highest BCUT2D eigenvalue weighted by molar-refractivity contribution is 6.48. The lowest BCUT2D eigenvalue weighted by Crippen LogP contribution is -2.27. The molecule has 0 aliphatic carbocycles. The van der Waals surface area contributed by atoms with E-state index in [9.17, 15) is 4.79 Å². The zero-order valence-electron chi connectivity index (χ0n) is 22.4. The van der Waals surface area contributed by atoms with Crippen molar-refractivity contribution in [2.45, 2.75) is 117 Å². The fourth-order valence-electron chi connectivity index (χ4n) is 4.26. The van der Waals surface area contributed by atoms with E-state index in [0.29, 0.717) is 6.54 Å². The van der Waals surface area contributed by atoms with Gasteiger partial charge in [0.05, 0.1) is 6.54 Å². The molecule has 1 aromatic carbocycles. The molecule has 2 aromatic rings. The first kappa shape index (κ1) is 28.5. The summed E-state index contributed by atoms with van der Waals surface area (Å²) in [5.41, 5.74) is 2.92. The first-order chi connectivity index (χ1) is 16.9. The predicted octanol–water partition coefficient (Wildman–Crippen LogP) is 6.14. The summed E-state index contributed by atoms with van der Waals surface area (Å²) in [5.74, 6) is 5.80. The smallest absolute Gasteiger partial charge is 0.280 e. The van der Waals surface area contributed by atoms with Gasteiger partial charge in [0.15, 0.2) is 5.71 Å². The van der Waals surface area contributed by atoms with Crippen LogP contribution < -0.4 is 11.2 Å². The number of benzene rings is 1. The molecule has 0 spiro atoms. The summed E-state index contributed by atoms with van der Waals surface area (Å²) in [5, 5.41) is 19.2. The number of anilines is 1. The fourth-order valence-corrected chi connectivity index (χ4v) is 4.26. The number of nitrogens with zero attached hydrogens (tertiary/aromatic N) is 5. The lowest BCUT2D eigenvalue weighted by atomic mass is 9.92. The van der Waals surface area contributed by atoms with E-state index in [4.69, 9.17) is 5.84 Å². The maximum absolute atomic E-state index is 13.1. The lowest BCUT2D eigenvalue weighted by Gasteiger charge is -2.20. The van der Waals surface area contributed by atoms with Gasteiger partial charge in [-0.2, -0.15) is 9.90 Å². The van der Waals surface area contributed by atoms with Gasteiger partial charge in [0.25, 0.3) is 5.91 Å². The van der Waals surface area contributed by atoms with Crippen molar-refractivity contribution in [3.05, 3.63) is 35.2 Å². The molecule has 0 saturated carbocycles. The molecule has 0 radical (unpaired) electrons. The Morgan fingerprint density at radius 2 is 1.49 bits per heavy atom. The number of hydrogen-bond acceptors (Lipinski definition) is 6. The quantitative estimate of drug-likeness (QED) is 0.129. The number of hydrogen-bond donors (Lipinski definition) is 2. The van der Waals surface area contributed by atoms with Crippen molar-refractivity contribution in [2.75, 3.05) is 5.32 Å². The minimum atomic E-state index is -0.430. The van der Waals surface area contributed by atoms with Gasteiger partial charge >= 0.3 is 0 Å². The van der Waals surface area contributed by atoms with Crippen molar-refractivity contribution < 1.29 is 4.79 Å². The van der Waals surface area contributed by atoms with E-state index in [2.05, 4.69) is 60.4 Å². The van der Waals surface area contributed by atoms with Crippen LogP contribution in [0.5, 0.6) is 0 Å². The Hall–Kier alpha value is -2.77. The highest BCUT2D eigenvalue weighted by Gasteiger charge is 2.23. The van der Waals surface area contributed by atoms with Crippen LogP contribution in [0, 0.1) is 0 Å². The average molecular weight is 484 g/mol. The Morgan fingerprint density at radius 3 is 2.00 bits per heavy atom. The molecule has 1 aromatic heterocycles. The van der Waals surface area contributed by atoms with E-state index in [1.165, 1.54) is 56.2 Å². The van der Waals surface area contributed by atoms with Crippen LogP contribution in [0.15, 0.2) is 23.3 Å². The Bertz CT molecular complexity index is 907. The molecule has 8 heteroatoms. The predicted molar refractivity (Wildman–Crippen MR) is 144 cm³/mol. The summed E-state index contributed by atoms with van der Waals surface area (Å²) in [4.78, 5) is 14.6. The van der Waals surface area contributed by atoms with E-state index < -0.39 is 5.91 Å². The van der Waals surface area contributed by atoms with Crippen LogP contribution in [0.2, 0.25) is 0 Å². The number of nitrogens with two attached hydrogens (primary N) is 1. The molecule has 0 atom stereocenters. The van der Waals surface area contributed by atoms with Crippen molar-refractivity contribution in [1.29, 1.82) is 0 Å². The second-order valence-corrected chi connectivity index (χ2v) is 9.94. The van der Waals surface area contributed by atoms with Crippen LogP contribution in [0.1, 0.15) is 128 Å². The third-order valence-corrected chi connectivity index (χ3v) is 6.33. The van der Waals surface area contributed by atoms with Crippen LogP contribution in [-0.2, 0) is 11.3 Å². The normalized spacial score (nSPS) is 12.0. The third kappa shape index (κ3) is 9.07. The van der Waals surface area contributed by atoms with Crippen LogP contribution in [0.3, 0.4) is 0 Å². The summed E-state index contributed by atoms with van der Waals surface area (Å²) < 4.78 is 0. The van der Waals surface area contributed by atoms with Gasteiger partial charge in [-0.05, 0) is 34.6 Å². The molecular formula is C27H45N7O. The van der Waals surface area contributed by atoms with Gasteiger partial charge in [-0.25, -0.2) is 0 Å². The first-order valence-electron chi connectivity index (χ1n) is 13.4. The molecule has 1 heterocycles. The number of unbranched alkanes of at least 4 members (excludes halogenated alkanes) is 9. The molecule has 35 heavy (non-hydrogen) atoms. The van der Waals surface area contributed by atoms with Gasteiger partial charge in [0.2, 0.25) is 5.82 Å². The molecular weight excluding hydrogens is 438 g/mol. The van der Waals surface area contributed by atoms with Gasteiger partial charge < -0.3 is 11.2 Å². The number of aryl methyl sites for hydroxylation is 1. The van der Waals surface area contributed by atoms with E-state index >= 15 is 0 Å². The third-order valence-electron chi connectivity index (χ3n) is 6.33. The SMILES string of the molecule is CCCCCCCCCCCCn1nnc(/C(=N\N)C(=O)Nc2c(C(C)C)cccc2C(C)C)n1. The summed E-state index contributed by atoms with van der Waals surface area (Å²) in [6.45, 7) is 11.3. The lowest BCUT2D eigenvalue weighted by molar-refractivity contribution is -0.110. The van der Waals surface area contributed by atoms with Crippen molar-refractivity contribution >= 4 is 17.3 Å². The van der Waals surface area contributed by atoms with Crippen LogP contribution in [0.4, 0.5) is 5.69 Å². The molecule has 8 nitrogen and oxygen atoms in total. The number of tetrazole rings is 1. The van der Waals surface area contributed by atoms with Gasteiger partial charge in [-0.3, -0.25) is 4.79 Å². The molecule has 0 aliphatic heterocycles. The standard InChI is InChI=1S/C27H45N7O/c1-6-7-8-9-10-11-12-13-14-15-19-34-32-26(31-33-34)25(30-28)27(35)29-24-22(20(2)3)17-16-18-23(24)21(4)5/h16-18,20-21H,6-15,19,28H2,1-5H3,(H,29,35)/b30-25+. The van der Waals surface area contributed by atoms with Crippen molar-refractivity contribution in [2.24, 2.45) is 10.9 Å². The van der Waals surface area contributed by atoms with E-state index in [1.807, 2.05) is 18.2 Å². The summed E-state index contributed by atoms with van der Waals surface area (Å²) in [6, 6.07) is 6.10. The number of carbonyl (C=O) groups excluding carboxylic acids is 1. The number of para-hydroxylation sites is 1. The van der Waals surface area contributed by atoms with Gasteiger partial charge in [0, 0.05) is 5.69 Å². The van der Waals surface area contributed by atoms with Crippen molar-refractivity contribution in [1.82, 2.24) is 20.2 Å². The summed E-state index contributed by atoms with van der Waals surface area (Å²) in [6.07, 6.45) is 12.7. The minimum Gasteiger partial charge on any atom is -0.322 e. The van der Waals surface area contributed by atoms with Gasteiger partial charge in [0.1, 0.15) is 0 Å². The van der Waals surface area contributed by atoms with E-state index in [0.717, 1.165) is 29.7 Å². The Labute approximate surface area is 211 Å². The molecule has 0 fully saturated rings. The zero-order chi connectivity index (χ0) is 25.6. The highest BCUT2D eigenvalue weighted by Crippen LogP contribution is 2.32. The summed E-state index contributed by atoms with van der Waals surface area (Å²) in [7, 11) is 0. The number of amides is 1. The minimum absolute atomic E-state index is 0.0208. The maximum Gasteiger partial charge on any atom is 0.280 e. The average Bonchev–Trinajstić information content (AvgIpc) is 3.29. The van der Waals surface area contributed by atoms with Crippen LogP contribution in [0.25, 0.3) is 0 Å². The molecule has 0 saturated heterocycles. The van der Waals surface area contributed by atoms with Crippen LogP contribution in [-0.4, -0.2) is 31.8 Å². The van der Waals surface area contributed by atoms with Gasteiger partial charge in [-0.1, -0.05) is 111 Å². The number of carbonyl (C=O) groups is 1. The number of rotatable bonds is 16. The Morgan fingerprint density at radius 1 is 0.943 bits per heavy atom. The maximum atomic E-state index is 13.1. The monoisotopic (exact) mass is 483 g/mol. The number of nitrogens with one attached hydrogen (secondary N) is 1. The molecule has 3 N–H and O–H groups in total. The molecule has 0 bridgehead atoms. The first-order valence-corrected chi connectivity index (χ1v) is 13.4. The number of aromatic nitrogens is 4. The number of hydrazone groups is 1. The van der Waals surface area contributed by atoms with Crippen molar-refractivity contribution in [3.63, 3.8) is 0 Å². The topological polar surface area (TPSA) is 111 Å². The molecule has 1 amide bonds. The fraction of sp³-hybridized carbons (Fsp3) is 0.667. The second-order valence-electron chi connectivity index (χ2n) is 9.94. The van der Waals surface area contributed by atoms with Gasteiger partial charge in [-0.15, -0.1) is 10.2 Å². The Balaban J connectivity index is 1.89. The second kappa shape index (κ2) is 15.3. The highest BCUT2D eigenvalue weighted by atomic mass is 16.2. The zero-order valence-corrected chi connectivity index (χ0v) is 22.4.